The zero-order valence-electron chi connectivity index (χ0n) is 9.06. The minimum Gasteiger partial charge on any atom is -0.481 e. The standard InChI is InChI=1S/C11H17NO2S/c1-3-9(12)11(2,6-10(13)14)8-4-5-15-7-8/h4-5,7,9H,3,6,12H2,1-2H3,(H,13,14). The number of carboxylic acids is 1. The van der Waals surface area contributed by atoms with Gasteiger partial charge in [-0.05, 0) is 28.8 Å². The second-order valence-corrected chi connectivity index (χ2v) is 4.79. The molecule has 1 aromatic heterocycles. The molecular weight excluding hydrogens is 210 g/mol. The van der Waals surface area contributed by atoms with E-state index in [1.165, 1.54) is 0 Å². The Morgan fingerprint density at radius 1 is 1.73 bits per heavy atom. The topological polar surface area (TPSA) is 63.3 Å². The highest BCUT2D eigenvalue weighted by Crippen LogP contribution is 2.33. The molecule has 1 aromatic rings. The molecule has 0 aliphatic rings. The summed E-state index contributed by atoms with van der Waals surface area (Å²) in [6.07, 6.45) is 0.859. The fraction of sp³-hybridized carbons (Fsp3) is 0.545. The third kappa shape index (κ3) is 2.58. The quantitative estimate of drug-likeness (QED) is 0.810. The largest absolute Gasteiger partial charge is 0.481 e. The van der Waals surface area contributed by atoms with Gasteiger partial charge >= 0.3 is 5.97 Å². The normalized spacial score (nSPS) is 17.0. The number of aliphatic carboxylic acids is 1. The van der Waals surface area contributed by atoms with E-state index in [9.17, 15) is 4.79 Å². The Labute approximate surface area is 93.9 Å². The maximum absolute atomic E-state index is 10.9. The molecule has 1 heterocycles. The van der Waals surface area contributed by atoms with Crippen LogP contribution >= 0.6 is 11.3 Å². The number of hydrogen-bond acceptors (Lipinski definition) is 3. The Morgan fingerprint density at radius 2 is 2.40 bits per heavy atom. The van der Waals surface area contributed by atoms with Gasteiger partial charge in [0.2, 0.25) is 0 Å². The van der Waals surface area contributed by atoms with Crippen molar-refractivity contribution in [1.29, 1.82) is 0 Å². The van der Waals surface area contributed by atoms with Crippen molar-refractivity contribution in [3.8, 4) is 0 Å². The van der Waals surface area contributed by atoms with Gasteiger partial charge in [-0.1, -0.05) is 13.8 Å². The third-order valence-corrected chi connectivity index (χ3v) is 3.64. The lowest BCUT2D eigenvalue weighted by molar-refractivity contribution is -0.138. The van der Waals surface area contributed by atoms with Crippen LogP contribution in [-0.4, -0.2) is 17.1 Å². The number of thiophene rings is 1. The molecule has 84 valence electrons. The smallest absolute Gasteiger partial charge is 0.304 e. The molecule has 0 saturated heterocycles. The molecule has 0 fully saturated rings. The molecule has 3 N–H and O–H groups in total. The van der Waals surface area contributed by atoms with Gasteiger partial charge in [0, 0.05) is 11.5 Å². The first kappa shape index (κ1) is 12.2. The van der Waals surface area contributed by atoms with Crippen LogP contribution in [0.25, 0.3) is 0 Å². The van der Waals surface area contributed by atoms with E-state index in [0.717, 1.165) is 12.0 Å². The number of carboxylic acid groups (broad SMARTS) is 1. The summed E-state index contributed by atoms with van der Waals surface area (Å²) in [5, 5.41) is 12.9. The summed E-state index contributed by atoms with van der Waals surface area (Å²) in [4.78, 5) is 10.9. The molecule has 0 bridgehead atoms. The van der Waals surface area contributed by atoms with Gasteiger partial charge < -0.3 is 10.8 Å². The minimum absolute atomic E-state index is 0.0821. The van der Waals surface area contributed by atoms with Crippen LogP contribution in [0.2, 0.25) is 0 Å². The molecule has 2 atom stereocenters. The minimum atomic E-state index is -0.799. The average molecular weight is 227 g/mol. The van der Waals surface area contributed by atoms with Crippen LogP contribution in [0.5, 0.6) is 0 Å². The van der Waals surface area contributed by atoms with Crippen molar-refractivity contribution in [2.24, 2.45) is 5.73 Å². The van der Waals surface area contributed by atoms with Gasteiger partial charge in [-0.25, -0.2) is 0 Å². The van der Waals surface area contributed by atoms with E-state index in [2.05, 4.69) is 0 Å². The van der Waals surface area contributed by atoms with Gasteiger partial charge in [-0.15, -0.1) is 0 Å². The Kier molecular flexibility index (Phi) is 3.88. The van der Waals surface area contributed by atoms with Gasteiger partial charge in [0.1, 0.15) is 0 Å². The second-order valence-electron chi connectivity index (χ2n) is 4.01. The van der Waals surface area contributed by atoms with E-state index >= 15 is 0 Å². The maximum Gasteiger partial charge on any atom is 0.304 e. The molecule has 0 radical (unpaired) electrons. The van der Waals surface area contributed by atoms with Gasteiger partial charge in [-0.2, -0.15) is 11.3 Å². The third-order valence-electron chi connectivity index (χ3n) is 2.96. The lowest BCUT2D eigenvalue weighted by Crippen LogP contribution is -2.44. The SMILES string of the molecule is CCC(N)C(C)(CC(=O)O)c1ccsc1. The Morgan fingerprint density at radius 3 is 2.80 bits per heavy atom. The van der Waals surface area contributed by atoms with Crippen molar-refractivity contribution in [2.45, 2.75) is 38.1 Å². The van der Waals surface area contributed by atoms with E-state index in [1.54, 1.807) is 11.3 Å². The van der Waals surface area contributed by atoms with Gasteiger partial charge in [0.25, 0.3) is 0 Å². The first-order valence-corrected chi connectivity index (χ1v) is 5.95. The van der Waals surface area contributed by atoms with Crippen LogP contribution in [0, 0.1) is 0 Å². The first-order valence-electron chi connectivity index (χ1n) is 5.00. The van der Waals surface area contributed by atoms with Crippen LogP contribution in [0.4, 0.5) is 0 Å². The molecule has 1 rings (SSSR count). The molecule has 2 unspecified atom stereocenters. The van der Waals surface area contributed by atoms with Crippen molar-refractivity contribution in [1.82, 2.24) is 0 Å². The predicted octanol–water partition coefficient (Wildman–Crippen LogP) is 2.22. The van der Waals surface area contributed by atoms with Crippen molar-refractivity contribution in [3.05, 3.63) is 22.4 Å². The molecule has 0 spiro atoms. The highest BCUT2D eigenvalue weighted by atomic mass is 32.1. The Balaban J connectivity index is 3.01. The molecule has 4 heteroatoms. The average Bonchev–Trinajstić information content (AvgIpc) is 2.68. The fourth-order valence-corrected chi connectivity index (χ4v) is 2.60. The highest BCUT2D eigenvalue weighted by molar-refractivity contribution is 7.08. The number of rotatable bonds is 5. The van der Waals surface area contributed by atoms with Crippen molar-refractivity contribution >= 4 is 17.3 Å². The van der Waals surface area contributed by atoms with E-state index in [0.29, 0.717) is 0 Å². The number of hydrogen-bond donors (Lipinski definition) is 2. The summed E-state index contributed by atoms with van der Waals surface area (Å²) in [5.74, 6) is -0.799. The monoisotopic (exact) mass is 227 g/mol. The van der Waals surface area contributed by atoms with Crippen molar-refractivity contribution < 1.29 is 9.90 Å². The maximum atomic E-state index is 10.9. The van der Waals surface area contributed by atoms with Crippen LogP contribution in [0.15, 0.2) is 16.8 Å². The van der Waals surface area contributed by atoms with Crippen LogP contribution < -0.4 is 5.73 Å². The zero-order chi connectivity index (χ0) is 11.5. The van der Waals surface area contributed by atoms with Crippen molar-refractivity contribution in [2.75, 3.05) is 0 Å². The van der Waals surface area contributed by atoms with Gasteiger partial charge in [-0.3, -0.25) is 4.79 Å². The summed E-state index contributed by atoms with van der Waals surface area (Å²) in [7, 11) is 0. The van der Waals surface area contributed by atoms with Gasteiger partial charge in [0.15, 0.2) is 0 Å². The second kappa shape index (κ2) is 4.77. The van der Waals surface area contributed by atoms with Crippen LogP contribution in [-0.2, 0) is 10.2 Å². The van der Waals surface area contributed by atoms with E-state index in [4.69, 9.17) is 10.8 Å². The molecule has 0 saturated carbocycles. The zero-order valence-corrected chi connectivity index (χ0v) is 9.88. The summed E-state index contributed by atoms with van der Waals surface area (Å²) < 4.78 is 0. The number of nitrogens with two attached hydrogens (primary N) is 1. The lowest BCUT2D eigenvalue weighted by atomic mass is 9.74. The van der Waals surface area contributed by atoms with Gasteiger partial charge in [0.05, 0.1) is 6.42 Å². The van der Waals surface area contributed by atoms with Crippen LogP contribution in [0.3, 0.4) is 0 Å². The molecule has 15 heavy (non-hydrogen) atoms. The molecule has 0 amide bonds. The summed E-state index contributed by atoms with van der Waals surface area (Å²) in [6.45, 7) is 3.91. The molecular formula is C11H17NO2S. The summed E-state index contributed by atoms with van der Waals surface area (Å²) in [5.41, 5.74) is 6.61. The summed E-state index contributed by atoms with van der Waals surface area (Å²) in [6, 6.07) is 1.84. The molecule has 3 nitrogen and oxygen atoms in total. The number of carbonyl (C=O) groups is 1. The molecule has 0 aromatic carbocycles. The fourth-order valence-electron chi connectivity index (χ4n) is 1.80. The Bertz CT molecular complexity index is 323. The molecule has 0 aliphatic carbocycles. The Hall–Kier alpha value is -0.870. The predicted molar refractivity (Wildman–Crippen MR) is 62.2 cm³/mol. The van der Waals surface area contributed by atoms with Crippen molar-refractivity contribution in [3.63, 3.8) is 0 Å². The summed E-state index contributed by atoms with van der Waals surface area (Å²) >= 11 is 1.57. The molecule has 0 aliphatic heterocycles. The van der Waals surface area contributed by atoms with Crippen LogP contribution in [0.1, 0.15) is 32.3 Å². The highest BCUT2D eigenvalue weighted by Gasteiger charge is 2.35. The lowest BCUT2D eigenvalue weighted by Gasteiger charge is -2.33. The van der Waals surface area contributed by atoms with E-state index in [-0.39, 0.29) is 12.5 Å². The van der Waals surface area contributed by atoms with E-state index in [1.807, 2.05) is 30.7 Å². The van der Waals surface area contributed by atoms with E-state index < -0.39 is 11.4 Å². The first-order chi connectivity index (χ1) is 7.00.